The molecular weight excluding hydrogens is 196 g/mol. The maximum atomic E-state index is 10.4. The van der Waals surface area contributed by atoms with E-state index in [1.165, 1.54) is 44.9 Å². The molecule has 16 heavy (non-hydrogen) atoms. The van der Waals surface area contributed by atoms with E-state index in [2.05, 4.69) is 27.7 Å². The molecule has 1 aliphatic rings. The minimum atomic E-state index is -0.0354. The predicted molar refractivity (Wildman–Crippen MR) is 70.4 cm³/mol. The average Bonchev–Trinajstić information content (AvgIpc) is 2.62. The number of hydrogen-bond donors (Lipinski definition) is 1. The second kappa shape index (κ2) is 6.05. The van der Waals surface area contributed by atoms with Gasteiger partial charge in [0.1, 0.15) is 0 Å². The Bertz CT molecular complexity index is 198. The molecule has 0 aromatic heterocycles. The second-order valence-electron chi connectivity index (χ2n) is 6.27. The standard InChI is InChI=1S/C15H30O/c1-5-7-8-9-12-10-11-13(14(12)16)15(3,4)6-2/h12-14,16H,5-11H2,1-4H3. The van der Waals surface area contributed by atoms with Gasteiger partial charge >= 0.3 is 0 Å². The number of aliphatic hydroxyl groups is 1. The van der Waals surface area contributed by atoms with Crippen molar-refractivity contribution in [1.82, 2.24) is 0 Å². The summed E-state index contributed by atoms with van der Waals surface area (Å²) in [5, 5.41) is 10.4. The monoisotopic (exact) mass is 226 g/mol. The van der Waals surface area contributed by atoms with E-state index < -0.39 is 0 Å². The molecule has 0 heterocycles. The van der Waals surface area contributed by atoms with Gasteiger partial charge in [-0.3, -0.25) is 0 Å². The van der Waals surface area contributed by atoms with E-state index in [9.17, 15) is 5.11 Å². The van der Waals surface area contributed by atoms with Gasteiger partial charge in [-0.15, -0.1) is 0 Å². The van der Waals surface area contributed by atoms with Gasteiger partial charge in [0.05, 0.1) is 6.10 Å². The Kier molecular flexibility index (Phi) is 5.30. The molecule has 0 amide bonds. The smallest absolute Gasteiger partial charge is 0.0601 e. The highest BCUT2D eigenvalue weighted by atomic mass is 16.3. The summed E-state index contributed by atoms with van der Waals surface area (Å²) in [6, 6.07) is 0. The van der Waals surface area contributed by atoms with Crippen LogP contribution in [0, 0.1) is 17.3 Å². The third kappa shape index (κ3) is 3.23. The first-order valence-electron chi connectivity index (χ1n) is 7.21. The van der Waals surface area contributed by atoms with Crippen LogP contribution in [0.5, 0.6) is 0 Å². The van der Waals surface area contributed by atoms with Crippen molar-refractivity contribution in [3.8, 4) is 0 Å². The summed E-state index contributed by atoms with van der Waals surface area (Å²) in [5.41, 5.74) is 0.318. The minimum absolute atomic E-state index is 0.0354. The first-order valence-corrected chi connectivity index (χ1v) is 7.21. The van der Waals surface area contributed by atoms with Crippen LogP contribution >= 0.6 is 0 Å². The quantitative estimate of drug-likeness (QED) is 0.666. The van der Waals surface area contributed by atoms with Crippen molar-refractivity contribution < 1.29 is 5.11 Å². The van der Waals surface area contributed by atoms with Crippen molar-refractivity contribution in [2.45, 2.75) is 78.7 Å². The minimum Gasteiger partial charge on any atom is -0.393 e. The van der Waals surface area contributed by atoms with E-state index in [0.717, 1.165) is 0 Å². The maximum Gasteiger partial charge on any atom is 0.0601 e. The zero-order chi connectivity index (χ0) is 12.2. The third-order valence-corrected chi connectivity index (χ3v) is 4.84. The van der Waals surface area contributed by atoms with Crippen LogP contribution < -0.4 is 0 Å². The van der Waals surface area contributed by atoms with Gasteiger partial charge in [0.25, 0.3) is 0 Å². The fourth-order valence-electron chi connectivity index (χ4n) is 3.15. The Balaban J connectivity index is 2.44. The van der Waals surface area contributed by atoms with Crippen molar-refractivity contribution >= 4 is 0 Å². The molecule has 0 spiro atoms. The average molecular weight is 226 g/mol. The largest absolute Gasteiger partial charge is 0.393 e. The highest BCUT2D eigenvalue weighted by Gasteiger charge is 2.41. The van der Waals surface area contributed by atoms with Crippen LogP contribution in [0.3, 0.4) is 0 Å². The van der Waals surface area contributed by atoms with Crippen molar-refractivity contribution in [2.24, 2.45) is 17.3 Å². The van der Waals surface area contributed by atoms with Gasteiger partial charge in [-0.25, -0.2) is 0 Å². The summed E-state index contributed by atoms with van der Waals surface area (Å²) in [4.78, 5) is 0. The van der Waals surface area contributed by atoms with Gasteiger partial charge in [-0.2, -0.15) is 0 Å². The van der Waals surface area contributed by atoms with Crippen LogP contribution in [0.1, 0.15) is 72.6 Å². The zero-order valence-corrected chi connectivity index (χ0v) is 11.6. The first-order chi connectivity index (χ1) is 7.53. The molecular formula is C15H30O. The highest BCUT2D eigenvalue weighted by molar-refractivity contribution is 4.91. The van der Waals surface area contributed by atoms with Crippen LogP contribution in [0.25, 0.3) is 0 Å². The molecule has 3 atom stereocenters. The fourth-order valence-corrected chi connectivity index (χ4v) is 3.15. The first kappa shape index (κ1) is 14.0. The Morgan fingerprint density at radius 2 is 1.81 bits per heavy atom. The van der Waals surface area contributed by atoms with E-state index in [1.807, 2.05) is 0 Å². The number of unbranched alkanes of at least 4 members (excludes halogenated alkanes) is 2. The van der Waals surface area contributed by atoms with Crippen LogP contribution in [0.4, 0.5) is 0 Å². The molecule has 1 saturated carbocycles. The Labute approximate surface area is 102 Å². The third-order valence-electron chi connectivity index (χ3n) is 4.84. The number of aliphatic hydroxyl groups excluding tert-OH is 1. The second-order valence-corrected chi connectivity index (χ2v) is 6.27. The van der Waals surface area contributed by atoms with Crippen LogP contribution in [0.2, 0.25) is 0 Å². The van der Waals surface area contributed by atoms with Gasteiger partial charge < -0.3 is 5.11 Å². The molecule has 0 aromatic rings. The van der Waals surface area contributed by atoms with E-state index in [0.29, 0.717) is 17.3 Å². The highest BCUT2D eigenvalue weighted by Crippen LogP contribution is 2.45. The molecule has 0 bridgehead atoms. The summed E-state index contributed by atoms with van der Waals surface area (Å²) in [6.45, 7) is 9.12. The summed E-state index contributed by atoms with van der Waals surface area (Å²) >= 11 is 0. The van der Waals surface area contributed by atoms with Crippen molar-refractivity contribution in [1.29, 1.82) is 0 Å². The molecule has 96 valence electrons. The van der Waals surface area contributed by atoms with Crippen molar-refractivity contribution in [3.63, 3.8) is 0 Å². The molecule has 0 aliphatic heterocycles. The van der Waals surface area contributed by atoms with Crippen LogP contribution in [-0.4, -0.2) is 11.2 Å². The molecule has 1 N–H and O–H groups in total. The molecule has 3 unspecified atom stereocenters. The van der Waals surface area contributed by atoms with Crippen LogP contribution in [-0.2, 0) is 0 Å². The number of hydrogen-bond acceptors (Lipinski definition) is 1. The Hall–Kier alpha value is -0.0400. The molecule has 0 radical (unpaired) electrons. The van der Waals surface area contributed by atoms with Crippen molar-refractivity contribution in [2.75, 3.05) is 0 Å². The van der Waals surface area contributed by atoms with Crippen LogP contribution in [0.15, 0.2) is 0 Å². The lowest BCUT2D eigenvalue weighted by Gasteiger charge is -2.34. The normalized spacial score (nSPS) is 30.9. The van der Waals surface area contributed by atoms with Gasteiger partial charge in [0.2, 0.25) is 0 Å². The molecule has 1 aliphatic carbocycles. The summed E-state index contributed by atoms with van der Waals surface area (Å²) < 4.78 is 0. The summed E-state index contributed by atoms with van der Waals surface area (Å²) in [5.74, 6) is 1.12. The topological polar surface area (TPSA) is 20.2 Å². The molecule has 0 aromatic carbocycles. The predicted octanol–water partition coefficient (Wildman–Crippen LogP) is 4.39. The van der Waals surface area contributed by atoms with Crippen molar-refractivity contribution in [3.05, 3.63) is 0 Å². The molecule has 1 rings (SSSR count). The van der Waals surface area contributed by atoms with Gasteiger partial charge in [-0.1, -0.05) is 53.4 Å². The maximum absolute atomic E-state index is 10.4. The Morgan fingerprint density at radius 1 is 1.12 bits per heavy atom. The van der Waals surface area contributed by atoms with E-state index in [4.69, 9.17) is 0 Å². The lowest BCUT2D eigenvalue weighted by atomic mass is 9.74. The SMILES string of the molecule is CCCCCC1CCC(C(C)(C)CC)C1O. The van der Waals surface area contributed by atoms with Gasteiger partial charge in [0, 0.05) is 0 Å². The molecule has 1 nitrogen and oxygen atoms in total. The van der Waals surface area contributed by atoms with E-state index >= 15 is 0 Å². The molecule has 1 fully saturated rings. The lowest BCUT2D eigenvalue weighted by Crippen LogP contribution is -2.32. The lowest BCUT2D eigenvalue weighted by molar-refractivity contribution is 0.0281. The van der Waals surface area contributed by atoms with E-state index in [1.54, 1.807) is 0 Å². The van der Waals surface area contributed by atoms with Gasteiger partial charge in [-0.05, 0) is 36.5 Å². The number of rotatable bonds is 6. The summed E-state index contributed by atoms with van der Waals surface area (Å²) in [6.07, 6.45) is 8.78. The fraction of sp³-hybridized carbons (Fsp3) is 1.00. The summed E-state index contributed by atoms with van der Waals surface area (Å²) in [7, 11) is 0. The van der Waals surface area contributed by atoms with Gasteiger partial charge in [0.15, 0.2) is 0 Å². The zero-order valence-electron chi connectivity index (χ0n) is 11.6. The molecule has 1 heteroatoms. The Morgan fingerprint density at radius 3 is 2.38 bits per heavy atom. The van der Waals surface area contributed by atoms with E-state index in [-0.39, 0.29) is 6.10 Å². The molecule has 0 saturated heterocycles.